The van der Waals surface area contributed by atoms with Gasteiger partial charge in [-0.2, -0.15) is 26.3 Å². The molecule has 2 aromatic rings. The maximum absolute atomic E-state index is 13.1. The number of benzene rings is 2. The second kappa shape index (κ2) is 6.00. The minimum atomic E-state index is -4.90. The molecular weight excluding hydrogens is 404 g/mol. The highest BCUT2D eigenvalue weighted by Crippen LogP contribution is 2.50. The molecule has 0 aromatic heterocycles. The monoisotopic (exact) mass is 417 g/mol. The molecule has 0 spiro atoms. The average Bonchev–Trinajstić information content (AvgIpc) is 3.00. The van der Waals surface area contributed by atoms with Crippen LogP contribution in [0.2, 0.25) is 0 Å². The zero-order valence-corrected chi connectivity index (χ0v) is 15.1. The molecule has 148 valence electrons. The third kappa shape index (κ3) is 3.10. The normalized spacial score (nSPS) is 24.1. The van der Waals surface area contributed by atoms with Gasteiger partial charge in [0.2, 0.25) is 0 Å². The summed E-state index contributed by atoms with van der Waals surface area (Å²) in [6, 6.07) is 6.01. The van der Waals surface area contributed by atoms with E-state index < -0.39 is 29.2 Å². The summed E-state index contributed by atoms with van der Waals surface area (Å²) in [5.74, 6) is 0. The van der Waals surface area contributed by atoms with Gasteiger partial charge < -0.3 is 5.11 Å². The molecule has 1 N–H and O–H groups in total. The Morgan fingerprint density at radius 3 is 2.14 bits per heavy atom. The molecule has 1 heterocycles. The minimum Gasteiger partial charge on any atom is -0.365 e. The van der Waals surface area contributed by atoms with Crippen LogP contribution >= 0.6 is 11.8 Å². The number of halogens is 6. The van der Waals surface area contributed by atoms with Crippen LogP contribution in [0, 0.1) is 0 Å². The van der Waals surface area contributed by atoms with Crippen LogP contribution in [-0.2, 0) is 24.5 Å². The van der Waals surface area contributed by atoms with Crippen molar-refractivity contribution in [3.8, 4) is 11.1 Å². The molecule has 0 saturated carbocycles. The van der Waals surface area contributed by atoms with E-state index in [9.17, 15) is 31.4 Å². The summed E-state index contributed by atoms with van der Waals surface area (Å²) in [6.07, 6.45) is -9.38. The van der Waals surface area contributed by atoms with Crippen molar-refractivity contribution in [3.63, 3.8) is 0 Å². The van der Waals surface area contributed by atoms with E-state index in [1.165, 1.54) is 30.0 Å². The zero-order chi connectivity index (χ0) is 20.5. The van der Waals surface area contributed by atoms with E-state index in [0.717, 1.165) is 5.04 Å². The molecule has 0 amide bonds. The lowest BCUT2D eigenvalue weighted by atomic mass is 9.95. The van der Waals surface area contributed by atoms with Crippen LogP contribution in [0.4, 0.5) is 26.3 Å². The summed E-state index contributed by atoms with van der Waals surface area (Å²) in [4.78, 5) is 4.26. The molecule has 0 radical (unpaired) electrons. The molecule has 2 unspecified atom stereocenters. The number of hydrogen-bond donors (Lipinski definition) is 1. The standard InChI is InChI=1S/C19H13F6NOS/c1-9-26-17(27)15-3-2-10(4-12(15)7-16(17)28-9)11-5-13(18(20,21)22)8-14(6-11)19(23,24)25/h2-6,8,16,27H,7H2,1H3. The molecule has 1 aliphatic carbocycles. The molecule has 4 rings (SSSR count). The Hall–Kier alpha value is -2.00. The van der Waals surface area contributed by atoms with E-state index >= 15 is 0 Å². The number of rotatable bonds is 1. The Morgan fingerprint density at radius 1 is 0.964 bits per heavy atom. The Bertz CT molecular complexity index is 965. The highest BCUT2D eigenvalue weighted by molar-refractivity contribution is 8.14. The van der Waals surface area contributed by atoms with Crippen molar-refractivity contribution >= 4 is 16.8 Å². The summed E-state index contributed by atoms with van der Waals surface area (Å²) >= 11 is 1.41. The van der Waals surface area contributed by atoms with Crippen LogP contribution in [0.1, 0.15) is 29.2 Å². The molecule has 0 bridgehead atoms. The number of thioether (sulfide) groups is 1. The first-order valence-electron chi connectivity index (χ1n) is 8.27. The van der Waals surface area contributed by atoms with Crippen LogP contribution in [0.5, 0.6) is 0 Å². The van der Waals surface area contributed by atoms with Crippen molar-refractivity contribution < 1.29 is 31.4 Å². The highest BCUT2D eigenvalue weighted by atomic mass is 32.2. The van der Waals surface area contributed by atoms with Crippen molar-refractivity contribution in [2.75, 3.05) is 0 Å². The fourth-order valence-electron chi connectivity index (χ4n) is 3.67. The van der Waals surface area contributed by atoms with Crippen LogP contribution < -0.4 is 0 Å². The largest absolute Gasteiger partial charge is 0.416 e. The Labute approximate surface area is 160 Å². The summed E-state index contributed by atoms with van der Waals surface area (Å²) in [5, 5.41) is 11.3. The Balaban J connectivity index is 1.82. The van der Waals surface area contributed by atoms with Gasteiger partial charge in [0.1, 0.15) is 0 Å². The van der Waals surface area contributed by atoms with Gasteiger partial charge in [-0.3, -0.25) is 0 Å². The van der Waals surface area contributed by atoms with Gasteiger partial charge in [-0.15, -0.1) is 11.8 Å². The first-order chi connectivity index (χ1) is 12.9. The maximum Gasteiger partial charge on any atom is 0.416 e. The number of aliphatic hydroxyl groups is 1. The molecule has 28 heavy (non-hydrogen) atoms. The van der Waals surface area contributed by atoms with Gasteiger partial charge in [-0.25, -0.2) is 4.99 Å². The van der Waals surface area contributed by atoms with Crippen molar-refractivity contribution in [1.82, 2.24) is 0 Å². The van der Waals surface area contributed by atoms with Gasteiger partial charge in [0.05, 0.1) is 21.4 Å². The summed E-state index contributed by atoms with van der Waals surface area (Å²) in [6.45, 7) is 1.77. The van der Waals surface area contributed by atoms with E-state index in [1.54, 1.807) is 6.92 Å². The lowest BCUT2D eigenvalue weighted by molar-refractivity contribution is -0.143. The van der Waals surface area contributed by atoms with Crippen molar-refractivity contribution in [2.24, 2.45) is 4.99 Å². The highest BCUT2D eigenvalue weighted by Gasteiger charge is 2.50. The average molecular weight is 417 g/mol. The first kappa shape index (κ1) is 19.3. The van der Waals surface area contributed by atoms with Gasteiger partial charge in [0.25, 0.3) is 0 Å². The second-order valence-corrected chi connectivity index (χ2v) is 8.23. The molecule has 2 atom stereocenters. The molecule has 0 fully saturated rings. The molecule has 0 saturated heterocycles. The first-order valence-corrected chi connectivity index (χ1v) is 9.14. The number of hydrogen-bond acceptors (Lipinski definition) is 3. The molecule has 2 nitrogen and oxygen atoms in total. The number of alkyl halides is 6. The summed E-state index contributed by atoms with van der Waals surface area (Å²) in [7, 11) is 0. The Kier molecular flexibility index (Phi) is 4.14. The van der Waals surface area contributed by atoms with Crippen molar-refractivity contribution in [1.29, 1.82) is 0 Å². The van der Waals surface area contributed by atoms with Crippen LogP contribution in [0.15, 0.2) is 41.4 Å². The van der Waals surface area contributed by atoms with Gasteiger partial charge in [-0.1, -0.05) is 18.2 Å². The number of aliphatic imine (C=N–C) groups is 1. The minimum absolute atomic E-state index is 0.109. The zero-order valence-electron chi connectivity index (χ0n) is 14.3. The number of fused-ring (bicyclic) bond motifs is 3. The quantitative estimate of drug-likeness (QED) is 0.611. The lowest BCUT2D eigenvalue weighted by Crippen LogP contribution is -2.27. The fraction of sp³-hybridized carbons (Fsp3) is 0.316. The molecule has 1 aliphatic heterocycles. The van der Waals surface area contributed by atoms with Gasteiger partial charge >= 0.3 is 12.4 Å². The summed E-state index contributed by atoms with van der Waals surface area (Å²) in [5.41, 5.74) is -2.86. The van der Waals surface area contributed by atoms with E-state index in [1.807, 2.05) is 0 Å². The van der Waals surface area contributed by atoms with Crippen molar-refractivity contribution in [3.05, 3.63) is 58.7 Å². The van der Waals surface area contributed by atoms with Gasteiger partial charge in [0, 0.05) is 5.56 Å². The van der Waals surface area contributed by atoms with E-state index in [2.05, 4.69) is 4.99 Å². The van der Waals surface area contributed by atoms with Crippen LogP contribution in [-0.4, -0.2) is 15.4 Å². The van der Waals surface area contributed by atoms with E-state index in [-0.39, 0.29) is 22.4 Å². The van der Waals surface area contributed by atoms with Crippen LogP contribution in [0.3, 0.4) is 0 Å². The van der Waals surface area contributed by atoms with E-state index in [0.29, 0.717) is 29.7 Å². The topological polar surface area (TPSA) is 32.6 Å². The van der Waals surface area contributed by atoms with Crippen LogP contribution in [0.25, 0.3) is 11.1 Å². The smallest absolute Gasteiger partial charge is 0.365 e. The predicted octanol–water partition coefficient (Wildman–Crippen LogP) is 5.63. The van der Waals surface area contributed by atoms with Gasteiger partial charge in [0.15, 0.2) is 5.72 Å². The molecular formula is C19H13F6NOS. The summed E-state index contributed by atoms with van der Waals surface area (Å²) < 4.78 is 78.6. The molecule has 2 aromatic carbocycles. The molecule has 2 aliphatic rings. The third-order valence-corrected chi connectivity index (χ3v) is 6.13. The van der Waals surface area contributed by atoms with Gasteiger partial charge in [-0.05, 0) is 48.2 Å². The maximum atomic E-state index is 13.1. The van der Waals surface area contributed by atoms with E-state index in [4.69, 9.17) is 0 Å². The third-order valence-electron chi connectivity index (χ3n) is 4.92. The number of nitrogens with zero attached hydrogens (tertiary/aromatic N) is 1. The SMILES string of the molecule is CC1=NC2(O)c3ccc(-c4cc(C(F)(F)F)cc(C(F)(F)F)c4)cc3CC2S1. The molecule has 9 heteroatoms. The predicted molar refractivity (Wildman–Crippen MR) is 94.0 cm³/mol. The van der Waals surface area contributed by atoms with Crippen molar-refractivity contribution in [2.45, 2.75) is 36.7 Å². The Morgan fingerprint density at radius 2 is 1.57 bits per heavy atom. The lowest BCUT2D eigenvalue weighted by Gasteiger charge is -2.20. The fourth-order valence-corrected chi connectivity index (χ4v) is 4.88. The second-order valence-electron chi connectivity index (χ2n) is 6.83.